The monoisotopic (exact) mass is 388 g/mol. The van der Waals surface area contributed by atoms with Gasteiger partial charge in [0, 0.05) is 11.3 Å². The van der Waals surface area contributed by atoms with Gasteiger partial charge in [-0.2, -0.15) is 0 Å². The molecule has 0 unspecified atom stereocenters. The largest absolute Gasteiger partial charge is 0.484 e. The van der Waals surface area contributed by atoms with Crippen LogP contribution < -0.4 is 10.1 Å². The molecular formula is C23H20N2O2S. The van der Waals surface area contributed by atoms with Gasteiger partial charge in [0.15, 0.2) is 6.61 Å². The lowest BCUT2D eigenvalue weighted by molar-refractivity contribution is -0.118. The second-order valence-corrected chi connectivity index (χ2v) is 7.70. The second kappa shape index (κ2) is 7.82. The molecule has 0 fully saturated rings. The topological polar surface area (TPSA) is 51.2 Å². The molecule has 0 aliphatic carbocycles. The first-order valence-electron chi connectivity index (χ1n) is 9.04. The van der Waals surface area contributed by atoms with Crippen molar-refractivity contribution in [2.45, 2.75) is 13.8 Å². The predicted octanol–water partition coefficient (Wildman–Crippen LogP) is 5.60. The van der Waals surface area contributed by atoms with Crippen LogP contribution in [0.3, 0.4) is 0 Å². The Bertz CT molecular complexity index is 1120. The van der Waals surface area contributed by atoms with Gasteiger partial charge in [0.25, 0.3) is 5.91 Å². The lowest BCUT2D eigenvalue weighted by Gasteiger charge is -2.11. The van der Waals surface area contributed by atoms with Gasteiger partial charge in [-0.15, -0.1) is 11.3 Å². The fourth-order valence-corrected chi connectivity index (χ4v) is 3.93. The maximum atomic E-state index is 12.2. The quantitative estimate of drug-likeness (QED) is 0.484. The minimum Gasteiger partial charge on any atom is -0.484 e. The molecule has 0 saturated heterocycles. The molecule has 4 aromatic rings. The Morgan fingerprint density at radius 3 is 2.68 bits per heavy atom. The highest BCUT2D eigenvalue weighted by atomic mass is 32.1. The molecule has 140 valence electrons. The first-order valence-corrected chi connectivity index (χ1v) is 9.86. The lowest BCUT2D eigenvalue weighted by atomic mass is 10.1. The van der Waals surface area contributed by atoms with Crippen molar-refractivity contribution in [2.24, 2.45) is 0 Å². The van der Waals surface area contributed by atoms with Gasteiger partial charge in [-0.1, -0.05) is 24.3 Å². The Kier molecular flexibility index (Phi) is 5.08. The summed E-state index contributed by atoms with van der Waals surface area (Å²) in [6.45, 7) is 3.94. The summed E-state index contributed by atoms with van der Waals surface area (Å²) in [6, 6.07) is 21.7. The molecule has 3 aromatic carbocycles. The third kappa shape index (κ3) is 4.05. The number of carbonyl (C=O) groups excluding carboxylic acids is 1. The van der Waals surface area contributed by atoms with Crippen molar-refractivity contribution >= 4 is 33.1 Å². The fraction of sp³-hybridized carbons (Fsp3) is 0.130. The molecule has 0 radical (unpaired) electrons. The third-order valence-electron chi connectivity index (χ3n) is 4.40. The number of para-hydroxylation sites is 1. The van der Waals surface area contributed by atoms with E-state index in [-0.39, 0.29) is 12.5 Å². The first-order chi connectivity index (χ1) is 13.6. The number of benzene rings is 3. The van der Waals surface area contributed by atoms with E-state index in [1.165, 1.54) is 4.70 Å². The van der Waals surface area contributed by atoms with E-state index >= 15 is 0 Å². The maximum Gasteiger partial charge on any atom is 0.262 e. The number of rotatable bonds is 5. The number of ether oxygens (including phenoxy) is 1. The van der Waals surface area contributed by atoms with Gasteiger partial charge < -0.3 is 10.1 Å². The van der Waals surface area contributed by atoms with Crippen molar-refractivity contribution in [3.8, 4) is 16.3 Å². The van der Waals surface area contributed by atoms with E-state index in [0.717, 1.165) is 32.9 Å². The highest BCUT2D eigenvalue weighted by Gasteiger charge is 2.10. The van der Waals surface area contributed by atoms with Crippen LogP contribution in [0.15, 0.2) is 66.7 Å². The van der Waals surface area contributed by atoms with Gasteiger partial charge in [0.05, 0.1) is 10.2 Å². The van der Waals surface area contributed by atoms with Crippen molar-refractivity contribution in [3.05, 3.63) is 77.9 Å². The molecule has 0 saturated carbocycles. The van der Waals surface area contributed by atoms with E-state index in [2.05, 4.69) is 17.4 Å². The van der Waals surface area contributed by atoms with Gasteiger partial charge in [-0.05, 0) is 67.4 Å². The molecule has 0 spiro atoms. The molecule has 4 nitrogen and oxygen atoms in total. The molecule has 1 amide bonds. The Morgan fingerprint density at radius 1 is 1.04 bits per heavy atom. The van der Waals surface area contributed by atoms with Crippen LogP contribution in [0.1, 0.15) is 11.1 Å². The lowest BCUT2D eigenvalue weighted by Crippen LogP contribution is -2.20. The minimum atomic E-state index is -0.183. The summed E-state index contributed by atoms with van der Waals surface area (Å²) in [5.74, 6) is 0.510. The Balaban J connectivity index is 1.44. The summed E-state index contributed by atoms with van der Waals surface area (Å²) in [5.41, 5.74) is 4.92. The predicted molar refractivity (Wildman–Crippen MR) is 115 cm³/mol. The molecule has 5 heteroatoms. The average Bonchev–Trinajstić information content (AvgIpc) is 3.12. The smallest absolute Gasteiger partial charge is 0.262 e. The standard InChI is InChI=1S/C23H20N2O2S/c1-15-6-5-7-18(12-15)27-14-22(26)24-19-11-10-17(13-16(19)2)23-25-20-8-3-4-9-21(20)28-23/h3-13H,14H2,1-2H3,(H,24,26). The number of carbonyl (C=O) groups is 1. The molecule has 4 rings (SSSR count). The van der Waals surface area contributed by atoms with Crippen molar-refractivity contribution in [1.29, 1.82) is 0 Å². The molecule has 1 aromatic heterocycles. The summed E-state index contributed by atoms with van der Waals surface area (Å²) < 4.78 is 6.73. The number of nitrogens with one attached hydrogen (secondary N) is 1. The first kappa shape index (κ1) is 18.2. The van der Waals surface area contributed by atoms with Gasteiger partial charge >= 0.3 is 0 Å². The minimum absolute atomic E-state index is 0.0253. The maximum absolute atomic E-state index is 12.2. The number of aromatic nitrogens is 1. The van der Waals surface area contributed by atoms with Crippen LogP contribution in [0.2, 0.25) is 0 Å². The SMILES string of the molecule is Cc1cccc(OCC(=O)Nc2ccc(-c3nc4ccccc4s3)cc2C)c1. The number of anilines is 1. The fourth-order valence-electron chi connectivity index (χ4n) is 2.97. The van der Waals surface area contributed by atoms with E-state index in [4.69, 9.17) is 9.72 Å². The van der Waals surface area contributed by atoms with Crippen LogP contribution in [0.25, 0.3) is 20.8 Å². The number of amides is 1. The number of hydrogen-bond acceptors (Lipinski definition) is 4. The third-order valence-corrected chi connectivity index (χ3v) is 5.49. The van der Waals surface area contributed by atoms with Crippen LogP contribution in [-0.2, 0) is 4.79 Å². The highest BCUT2D eigenvalue weighted by Crippen LogP contribution is 2.31. The van der Waals surface area contributed by atoms with Crippen molar-refractivity contribution < 1.29 is 9.53 Å². The van der Waals surface area contributed by atoms with E-state index in [0.29, 0.717) is 5.75 Å². The van der Waals surface area contributed by atoms with Gasteiger partial charge in [0.2, 0.25) is 0 Å². The molecular weight excluding hydrogens is 368 g/mol. The average molecular weight is 388 g/mol. The number of aryl methyl sites for hydroxylation is 2. The summed E-state index contributed by atoms with van der Waals surface area (Å²) in [7, 11) is 0. The Hall–Kier alpha value is -3.18. The van der Waals surface area contributed by atoms with Crippen molar-refractivity contribution in [1.82, 2.24) is 4.98 Å². The summed E-state index contributed by atoms with van der Waals surface area (Å²) in [5, 5.41) is 3.90. The Labute approximate surface area is 167 Å². The normalized spacial score (nSPS) is 10.8. The zero-order valence-corrected chi connectivity index (χ0v) is 16.5. The number of hydrogen-bond donors (Lipinski definition) is 1. The van der Waals surface area contributed by atoms with Crippen molar-refractivity contribution in [2.75, 3.05) is 11.9 Å². The van der Waals surface area contributed by atoms with Crippen LogP contribution in [0, 0.1) is 13.8 Å². The van der Waals surface area contributed by atoms with Crippen molar-refractivity contribution in [3.63, 3.8) is 0 Å². The van der Waals surface area contributed by atoms with E-state index in [1.807, 2.05) is 68.4 Å². The summed E-state index contributed by atoms with van der Waals surface area (Å²) >= 11 is 1.67. The van der Waals surface area contributed by atoms with Gasteiger partial charge in [-0.25, -0.2) is 4.98 Å². The summed E-state index contributed by atoms with van der Waals surface area (Å²) in [4.78, 5) is 16.9. The molecule has 28 heavy (non-hydrogen) atoms. The number of fused-ring (bicyclic) bond motifs is 1. The van der Waals surface area contributed by atoms with Gasteiger partial charge in [-0.3, -0.25) is 4.79 Å². The number of nitrogens with zero attached hydrogens (tertiary/aromatic N) is 1. The molecule has 0 bridgehead atoms. The van der Waals surface area contributed by atoms with E-state index in [9.17, 15) is 4.79 Å². The molecule has 0 aliphatic rings. The van der Waals surface area contributed by atoms with Crippen LogP contribution in [-0.4, -0.2) is 17.5 Å². The van der Waals surface area contributed by atoms with Gasteiger partial charge in [0.1, 0.15) is 10.8 Å². The number of thiazole rings is 1. The Morgan fingerprint density at radius 2 is 1.89 bits per heavy atom. The highest BCUT2D eigenvalue weighted by molar-refractivity contribution is 7.21. The van der Waals surface area contributed by atoms with Crippen LogP contribution in [0.4, 0.5) is 5.69 Å². The second-order valence-electron chi connectivity index (χ2n) is 6.67. The summed E-state index contributed by atoms with van der Waals surface area (Å²) in [6.07, 6.45) is 0. The molecule has 1 N–H and O–H groups in total. The zero-order valence-electron chi connectivity index (χ0n) is 15.7. The van der Waals surface area contributed by atoms with E-state index in [1.54, 1.807) is 11.3 Å². The molecule has 0 atom stereocenters. The van der Waals surface area contributed by atoms with E-state index < -0.39 is 0 Å². The van der Waals surface area contributed by atoms with Crippen LogP contribution >= 0.6 is 11.3 Å². The zero-order chi connectivity index (χ0) is 19.5. The molecule has 0 aliphatic heterocycles. The molecule has 1 heterocycles. The van der Waals surface area contributed by atoms with Crippen LogP contribution in [0.5, 0.6) is 5.75 Å².